The molecule has 0 aromatic heterocycles. The van der Waals surface area contributed by atoms with Crippen LogP contribution < -0.4 is 10.2 Å². The zero-order valence-corrected chi connectivity index (χ0v) is 14.1. The predicted molar refractivity (Wildman–Crippen MR) is 92.0 cm³/mol. The quantitative estimate of drug-likeness (QED) is 0.890. The van der Waals surface area contributed by atoms with Gasteiger partial charge in [0.1, 0.15) is 0 Å². The van der Waals surface area contributed by atoms with Crippen LogP contribution >= 0.6 is 11.6 Å². The average molecular weight is 365 g/mol. The van der Waals surface area contributed by atoms with E-state index in [4.69, 9.17) is 11.6 Å². The second-order valence-electron chi connectivity index (χ2n) is 5.97. The standard InChI is InChI=1S/C18H15ClF2N2O2/c1-18(20,21)17(25)22-14-6-2-11(3-7-14)10-23-15-9-13(19)5-4-12(15)8-16(23)24/h2-7,9H,8,10H2,1H3,(H,22,25). The molecule has 1 aliphatic rings. The zero-order chi connectivity index (χ0) is 18.2. The second kappa shape index (κ2) is 6.44. The fourth-order valence-electron chi connectivity index (χ4n) is 2.62. The van der Waals surface area contributed by atoms with Gasteiger partial charge in [0.25, 0.3) is 5.91 Å². The summed E-state index contributed by atoms with van der Waals surface area (Å²) >= 11 is 6.01. The van der Waals surface area contributed by atoms with E-state index < -0.39 is 11.8 Å². The number of nitrogens with zero attached hydrogens (tertiary/aromatic N) is 1. The van der Waals surface area contributed by atoms with Gasteiger partial charge in [-0.15, -0.1) is 0 Å². The minimum atomic E-state index is -3.44. The Hall–Kier alpha value is -2.47. The molecule has 0 unspecified atom stereocenters. The van der Waals surface area contributed by atoms with Crippen LogP contribution in [-0.4, -0.2) is 17.7 Å². The van der Waals surface area contributed by atoms with Gasteiger partial charge in [0, 0.05) is 23.3 Å². The summed E-state index contributed by atoms with van der Waals surface area (Å²) in [4.78, 5) is 25.1. The van der Waals surface area contributed by atoms with Crippen LogP contribution in [0.1, 0.15) is 18.1 Å². The van der Waals surface area contributed by atoms with Crippen LogP contribution in [0.2, 0.25) is 5.02 Å². The third-order valence-electron chi connectivity index (χ3n) is 3.93. The van der Waals surface area contributed by atoms with Gasteiger partial charge in [-0.3, -0.25) is 9.59 Å². The highest BCUT2D eigenvalue weighted by Crippen LogP contribution is 2.32. The molecule has 2 aromatic carbocycles. The van der Waals surface area contributed by atoms with Crippen LogP contribution in [0.3, 0.4) is 0 Å². The third kappa shape index (κ3) is 3.79. The van der Waals surface area contributed by atoms with Crippen molar-refractivity contribution >= 4 is 34.8 Å². The highest BCUT2D eigenvalue weighted by molar-refractivity contribution is 6.31. The van der Waals surface area contributed by atoms with E-state index in [0.29, 0.717) is 24.9 Å². The van der Waals surface area contributed by atoms with Crippen LogP contribution in [0.25, 0.3) is 0 Å². The summed E-state index contributed by atoms with van der Waals surface area (Å²) in [5.41, 5.74) is 2.78. The first-order chi connectivity index (χ1) is 11.7. The number of carbonyl (C=O) groups is 2. The maximum atomic E-state index is 12.9. The minimum Gasteiger partial charge on any atom is -0.321 e. The van der Waals surface area contributed by atoms with Gasteiger partial charge in [-0.05, 0) is 35.4 Å². The minimum absolute atomic E-state index is 0.0275. The fourth-order valence-corrected chi connectivity index (χ4v) is 2.79. The number of rotatable bonds is 4. The number of carbonyl (C=O) groups excluding carboxylic acids is 2. The zero-order valence-electron chi connectivity index (χ0n) is 13.4. The molecular weight excluding hydrogens is 350 g/mol. The van der Waals surface area contributed by atoms with Crippen molar-refractivity contribution in [2.24, 2.45) is 0 Å². The summed E-state index contributed by atoms with van der Waals surface area (Å²) in [5, 5.41) is 2.70. The summed E-state index contributed by atoms with van der Waals surface area (Å²) in [5.74, 6) is -4.83. The Bertz CT molecular complexity index is 832. The van der Waals surface area contributed by atoms with Gasteiger partial charge in [0.05, 0.1) is 13.0 Å². The maximum absolute atomic E-state index is 12.9. The Labute approximate surface area is 148 Å². The van der Waals surface area contributed by atoms with Crippen molar-refractivity contribution in [3.8, 4) is 0 Å². The summed E-state index contributed by atoms with van der Waals surface area (Å²) in [6.07, 6.45) is 0.326. The first-order valence-electron chi connectivity index (χ1n) is 7.61. The third-order valence-corrected chi connectivity index (χ3v) is 4.17. The number of amides is 2. The first-order valence-corrected chi connectivity index (χ1v) is 7.99. The molecule has 2 aromatic rings. The van der Waals surface area contributed by atoms with Crippen LogP contribution in [0, 0.1) is 0 Å². The maximum Gasteiger partial charge on any atom is 0.322 e. The van der Waals surface area contributed by atoms with Crippen LogP contribution in [-0.2, 0) is 22.6 Å². The lowest BCUT2D eigenvalue weighted by atomic mass is 10.1. The van der Waals surface area contributed by atoms with Gasteiger partial charge < -0.3 is 10.2 Å². The molecule has 130 valence electrons. The van der Waals surface area contributed by atoms with Crippen molar-refractivity contribution in [3.05, 3.63) is 58.6 Å². The number of fused-ring (bicyclic) bond motifs is 1. The van der Waals surface area contributed by atoms with Gasteiger partial charge in [-0.1, -0.05) is 29.8 Å². The molecule has 0 fully saturated rings. The van der Waals surface area contributed by atoms with Crippen LogP contribution in [0.4, 0.5) is 20.2 Å². The molecule has 0 atom stereocenters. The fraction of sp³-hybridized carbons (Fsp3) is 0.222. The molecule has 1 heterocycles. The Morgan fingerprint density at radius 1 is 1.24 bits per heavy atom. The molecule has 0 bridgehead atoms. The van der Waals surface area contributed by atoms with Crippen LogP contribution in [0.15, 0.2) is 42.5 Å². The molecule has 4 nitrogen and oxygen atoms in total. The van der Waals surface area contributed by atoms with E-state index in [0.717, 1.165) is 16.8 Å². The molecular formula is C18H15ClF2N2O2. The lowest BCUT2D eigenvalue weighted by Gasteiger charge is -2.18. The smallest absolute Gasteiger partial charge is 0.321 e. The van der Waals surface area contributed by atoms with E-state index in [-0.39, 0.29) is 11.6 Å². The predicted octanol–water partition coefficient (Wildman–Crippen LogP) is 4.02. The summed E-state index contributed by atoms with van der Waals surface area (Å²) in [7, 11) is 0. The van der Waals surface area contributed by atoms with Gasteiger partial charge in [-0.25, -0.2) is 0 Å². The van der Waals surface area contributed by atoms with Crippen LogP contribution in [0.5, 0.6) is 0 Å². The van der Waals surface area contributed by atoms with Gasteiger partial charge in [0.15, 0.2) is 0 Å². The molecule has 1 aliphatic heterocycles. The molecule has 0 saturated heterocycles. The van der Waals surface area contributed by atoms with E-state index in [1.807, 2.05) is 6.07 Å². The number of anilines is 2. The van der Waals surface area contributed by atoms with Gasteiger partial charge >= 0.3 is 5.92 Å². The number of hydrogen-bond donors (Lipinski definition) is 1. The molecule has 0 radical (unpaired) electrons. The van der Waals surface area contributed by atoms with Gasteiger partial charge in [0.2, 0.25) is 5.91 Å². The van der Waals surface area contributed by atoms with Crippen molar-refractivity contribution in [2.45, 2.75) is 25.8 Å². The van der Waals surface area contributed by atoms with Crippen molar-refractivity contribution in [1.82, 2.24) is 0 Å². The largest absolute Gasteiger partial charge is 0.322 e. The van der Waals surface area contributed by atoms with Crippen molar-refractivity contribution in [3.63, 3.8) is 0 Å². The SMILES string of the molecule is CC(F)(F)C(=O)Nc1ccc(CN2C(=O)Cc3ccc(Cl)cc32)cc1. The molecule has 0 spiro atoms. The molecule has 3 rings (SSSR count). The summed E-state index contributed by atoms with van der Waals surface area (Å²) in [6.45, 7) is 0.878. The molecule has 2 amide bonds. The van der Waals surface area contributed by atoms with Crippen molar-refractivity contribution in [1.29, 1.82) is 0 Å². The van der Waals surface area contributed by atoms with E-state index >= 15 is 0 Å². The van der Waals surface area contributed by atoms with Crippen molar-refractivity contribution < 1.29 is 18.4 Å². The Morgan fingerprint density at radius 3 is 2.56 bits per heavy atom. The Kier molecular flexibility index (Phi) is 4.47. The van der Waals surface area contributed by atoms with E-state index in [1.54, 1.807) is 29.2 Å². The number of hydrogen-bond acceptors (Lipinski definition) is 2. The second-order valence-corrected chi connectivity index (χ2v) is 6.41. The monoisotopic (exact) mass is 364 g/mol. The van der Waals surface area contributed by atoms with Crippen molar-refractivity contribution in [2.75, 3.05) is 10.2 Å². The average Bonchev–Trinajstić information content (AvgIpc) is 2.84. The topological polar surface area (TPSA) is 49.4 Å². The van der Waals surface area contributed by atoms with E-state index in [1.165, 1.54) is 12.1 Å². The Balaban J connectivity index is 1.73. The summed E-state index contributed by atoms with van der Waals surface area (Å²) in [6, 6.07) is 11.7. The lowest BCUT2D eigenvalue weighted by Crippen LogP contribution is -2.31. The normalized spacial score (nSPS) is 13.8. The number of nitrogens with one attached hydrogen (secondary N) is 1. The Morgan fingerprint density at radius 2 is 1.92 bits per heavy atom. The van der Waals surface area contributed by atoms with Gasteiger partial charge in [-0.2, -0.15) is 8.78 Å². The first kappa shape index (κ1) is 17.4. The number of alkyl halides is 2. The molecule has 7 heteroatoms. The van der Waals surface area contributed by atoms with E-state index in [9.17, 15) is 18.4 Å². The molecule has 25 heavy (non-hydrogen) atoms. The molecule has 1 N–H and O–H groups in total. The number of halogens is 3. The molecule has 0 saturated carbocycles. The number of benzene rings is 2. The summed E-state index contributed by atoms with van der Waals surface area (Å²) < 4.78 is 25.8. The highest BCUT2D eigenvalue weighted by Gasteiger charge is 2.32. The highest BCUT2D eigenvalue weighted by atomic mass is 35.5. The lowest BCUT2D eigenvalue weighted by molar-refractivity contribution is -0.137. The van der Waals surface area contributed by atoms with E-state index in [2.05, 4.69) is 5.32 Å². The molecule has 0 aliphatic carbocycles.